The van der Waals surface area contributed by atoms with Crippen LogP contribution in [0.4, 0.5) is 0 Å². The van der Waals surface area contributed by atoms with Gasteiger partial charge in [0.15, 0.2) is 0 Å². The van der Waals surface area contributed by atoms with Gasteiger partial charge in [-0.2, -0.15) is 0 Å². The third-order valence-electron chi connectivity index (χ3n) is 2.52. The third-order valence-corrected chi connectivity index (χ3v) is 2.52. The Morgan fingerprint density at radius 1 is 1.06 bits per heavy atom. The molecule has 0 bridgehead atoms. The van der Waals surface area contributed by atoms with Crippen molar-refractivity contribution < 1.29 is 4.79 Å². The molecule has 1 atom stereocenters. The summed E-state index contributed by atoms with van der Waals surface area (Å²) in [5.41, 5.74) is 1.80. The number of ketones is 1. The Kier molecular flexibility index (Phi) is 3.10. The molecular formula is C14H13NO. The standard InChI is InChI=1S/C14H13NO/c1-11(16)14(12-7-3-2-4-8-12)13-9-5-6-10-15-13/h2-10,14H,1H3. The minimum atomic E-state index is -0.248. The number of pyridine rings is 1. The monoisotopic (exact) mass is 211 g/mol. The molecule has 2 nitrogen and oxygen atoms in total. The van der Waals surface area contributed by atoms with Gasteiger partial charge in [0.05, 0.1) is 11.6 Å². The van der Waals surface area contributed by atoms with Gasteiger partial charge in [0.25, 0.3) is 0 Å². The number of carbonyl (C=O) groups excluding carboxylic acids is 1. The molecule has 0 aliphatic carbocycles. The van der Waals surface area contributed by atoms with Crippen molar-refractivity contribution in [2.75, 3.05) is 0 Å². The average molecular weight is 211 g/mol. The highest BCUT2D eigenvalue weighted by Crippen LogP contribution is 2.23. The lowest BCUT2D eigenvalue weighted by atomic mass is 9.92. The molecule has 2 rings (SSSR count). The first-order valence-electron chi connectivity index (χ1n) is 5.25. The number of rotatable bonds is 3. The van der Waals surface area contributed by atoms with Crippen LogP contribution in [0, 0.1) is 0 Å². The first-order valence-corrected chi connectivity index (χ1v) is 5.25. The van der Waals surface area contributed by atoms with E-state index < -0.39 is 0 Å². The highest BCUT2D eigenvalue weighted by molar-refractivity contribution is 5.86. The summed E-state index contributed by atoms with van der Waals surface area (Å²) in [4.78, 5) is 16.0. The fourth-order valence-corrected chi connectivity index (χ4v) is 1.81. The maximum absolute atomic E-state index is 11.7. The lowest BCUT2D eigenvalue weighted by molar-refractivity contribution is -0.117. The summed E-state index contributed by atoms with van der Waals surface area (Å²) in [5.74, 6) is -0.132. The molecule has 0 saturated heterocycles. The van der Waals surface area contributed by atoms with Gasteiger partial charge in [-0.1, -0.05) is 36.4 Å². The largest absolute Gasteiger partial charge is 0.299 e. The normalized spacial score (nSPS) is 12.1. The van der Waals surface area contributed by atoms with Crippen LogP contribution in [-0.2, 0) is 4.79 Å². The zero-order valence-electron chi connectivity index (χ0n) is 9.13. The summed E-state index contributed by atoms with van der Waals surface area (Å²) in [6, 6.07) is 15.4. The first kappa shape index (κ1) is 10.6. The Morgan fingerprint density at radius 3 is 2.31 bits per heavy atom. The molecule has 80 valence electrons. The smallest absolute Gasteiger partial charge is 0.143 e. The maximum Gasteiger partial charge on any atom is 0.143 e. The Balaban J connectivity index is 2.44. The molecule has 0 fully saturated rings. The van der Waals surface area contributed by atoms with Crippen LogP contribution in [0.3, 0.4) is 0 Å². The maximum atomic E-state index is 11.7. The van der Waals surface area contributed by atoms with Gasteiger partial charge in [-0.25, -0.2) is 0 Å². The van der Waals surface area contributed by atoms with Crippen LogP contribution in [0.1, 0.15) is 24.1 Å². The molecule has 0 spiro atoms. The van der Waals surface area contributed by atoms with E-state index in [4.69, 9.17) is 0 Å². The van der Waals surface area contributed by atoms with Crippen molar-refractivity contribution in [1.29, 1.82) is 0 Å². The molecule has 0 N–H and O–H groups in total. The second-order valence-corrected chi connectivity index (χ2v) is 3.71. The number of carbonyl (C=O) groups is 1. The number of benzene rings is 1. The molecule has 0 amide bonds. The second kappa shape index (κ2) is 4.71. The van der Waals surface area contributed by atoms with Crippen LogP contribution in [0.2, 0.25) is 0 Å². The van der Waals surface area contributed by atoms with E-state index in [9.17, 15) is 4.79 Å². The van der Waals surface area contributed by atoms with Crippen molar-refractivity contribution in [3.8, 4) is 0 Å². The van der Waals surface area contributed by atoms with Crippen molar-refractivity contribution >= 4 is 5.78 Å². The van der Waals surface area contributed by atoms with E-state index in [0.717, 1.165) is 11.3 Å². The molecule has 0 saturated carbocycles. The first-order chi connectivity index (χ1) is 7.79. The summed E-state index contributed by atoms with van der Waals surface area (Å²) in [7, 11) is 0. The summed E-state index contributed by atoms with van der Waals surface area (Å²) < 4.78 is 0. The molecule has 1 heterocycles. The molecule has 0 aliphatic heterocycles. The number of nitrogens with zero attached hydrogens (tertiary/aromatic N) is 1. The Bertz CT molecular complexity index is 425. The second-order valence-electron chi connectivity index (χ2n) is 3.71. The van der Waals surface area contributed by atoms with Gasteiger partial charge in [0.1, 0.15) is 5.78 Å². The number of Topliss-reactive ketones (excluding diaryl/α,β-unsaturated/α-hetero) is 1. The summed E-state index contributed by atoms with van der Waals surface area (Å²) in [6.45, 7) is 1.60. The van der Waals surface area contributed by atoms with E-state index in [1.54, 1.807) is 13.1 Å². The quantitative estimate of drug-likeness (QED) is 0.781. The van der Waals surface area contributed by atoms with Gasteiger partial charge in [-0.3, -0.25) is 9.78 Å². The zero-order valence-corrected chi connectivity index (χ0v) is 9.13. The van der Waals surface area contributed by atoms with E-state index in [2.05, 4.69) is 4.98 Å². The van der Waals surface area contributed by atoms with Crippen LogP contribution in [-0.4, -0.2) is 10.8 Å². The van der Waals surface area contributed by atoms with E-state index in [-0.39, 0.29) is 11.7 Å². The fourth-order valence-electron chi connectivity index (χ4n) is 1.81. The molecule has 1 aromatic heterocycles. The van der Waals surface area contributed by atoms with E-state index in [1.165, 1.54) is 0 Å². The third kappa shape index (κ3) is 2.16. The van der Waals surface area contributed by atoms with Gasteiger partial charge < -0.3 is 0 Å². The number of hydrogen-bond donors (Lipinski definition) is 0. The topological polar surface area (TPSA) is 30.0 Å². The molecule has 0 aliphatic rings. The van der Waals surface area contributed by atoms with Crippen LogP contribution < -0.4 is 0 Å². The number of aromatic nitrogens is 1. The lowest BCUT2D eigenvalue weighted by Crippen LogP contribution is -2.11. The molecular weight excluding hydrogens is 198 g/mol. The van der Waals surface area contributed by atoms with Crippen molar-refractivity contribution in [2.45, 2.75) is 12.8 Å². The van der Waals surface area contributed by atoms with Crippen LogP contribution >= 0.6 is 0 Å². The van der Waals surface area contributed by atoms with Crippen molar-refractivity contribution in [1.82, 2.24) is 4.98 Å². The van der Waals surface area contributed by atoms with Crippen molar-refractivity contribution in [2.24, 2.45) is 0 Å². The molecule has 0 radical (unpaired) electrons. The zero-order chi connectivity index (χ0) is 11.4. The average Bonchev–Trinajstić information content (AvgIpc) is 2.31. The minimum Gasteiger partial charge on any atom is -0.299 e. The number of hydrogen-bond acceptors (Lipinski definition) is 2. The molecule has 1 aromatic carbocycles. The summed E-state index contributed by atoms with van der Waals surface area (Å²) in [6.07, 6.45) is 1.72. The van der Waals surface area contributed by atoms with Crippen LogP contribution in [0.5, 0.6) is 0 Å². The summed E-state index contributed by atoms with van der Waals surface area (Å²) >= 11 is 0. The van der Waals surface area contributed by atoms with E-state index >= 15 is 0 Å². The van der Waals surface area contributed by atoms with Crippen LogP contribution in [0.15, 0.2) is 54.7 Å². The predicted molar refractivity (Wildman–Crippen MR) is 63.2 cm³/mol. The minimum absolute atomic E-state index is 0.116. The van der Waals surface area contributed by atoms with E-state index in [1.807, 2.05) is 48.5 Å². The molecule has 16 heavy (non-hydrogen) atoms. The highest BCUT2D eigenvalue weighted by atomic mass is 16.1. The summed E-state index contributed by atoms with van der Waals surface area (Å²) in [5, 5.41) is 0. The fraction of sp³-hybridized carbons (Fsp3) is 0.143. The van der Waals surface area contributed by atoms with E-state index in [0.29, 0.717) is 0 Å². The van der Waals surface area contributed by atoms with Gasteiger partial charge in [-0.15, -0.1) is 0 Å². The lowest BCUT2D eigenvalue weighted by Gasteiger charge is -2.13. The van der Waals surface area contributed by atoms with Gasteiger partial charge in [0.2, 0.25) is 0 Å². The van der Waals surface area contributed by atoms with Gasteiger partial charge >= 0.3 is 0 Å². The predicted octanol–water partition coefficient (Wildman–Crippen LogP) is 2.80. The Hall–Kier alpha value is -1.96. The van der Waals surface area contributed by atoms with Crippen molar-refractivity contribution in [3.63, 3.8) is 0 Å². The van der Waals surface area contributed by atoms with Gasteiger partial charge in [-0.05, 0) is 24.6 Å². The Morgan fingerprint density at radius 2 is 1.75 bits per heavy atom. The SMILES string of the molecule is CC(=O)C(c1ccccc1)c1ccccn1. The van der Waals surface area contributed by atoms with Gasteiger partial charge in [0, 0.05) is 6.20 Å². The molecule has 2 aromatic rings. The molecule has 1 unspecified atom stereocenters. The van der Waals surface area contributed by atoms with Crippen molar-refractivity contribution in [3.05, 3.63) is 66.0 Å². The molecule has 2 heteroatoms. The van der Waals surface area contributed by atoms with Crippen LogP contribution in [0.25, 0.3) is 0 Å². The highest BCUT2D eigenvalue weighted by Gasteiger charge is 2.19. The Labute approximate surface area is 95.0 Å².